The first-order valence-corrected chi connectivity index (χ1v) is 17.3. The number of morpholine rings is 2. The first kappa shape index (κ1) is 33.4. The van der Waals surface area contributed by atoms with E-state index in [2.05, 4.69) is 24.8 Å². The van der Waals surface area contributed by atoms with Crippen LogP contribution in [-0.2, 0) is 19.0 Å². The molecular formula is C35H37N7O7S. The predicted molar refractivity (Wildman–Crippen MR) is 186 cm³/mol. The van der Waals surface area contributed by atoms with Gasteiger partial charge in [-0.3, -0.25) is 9.36 Å². The molecule has 0 aliphatic carbocycles. The van der Waals surface area contributed by atoms with Crippen LogP contribution in [0.4, 0.5) is 11.9 Å². The van der Waals surface area contributed by atoms with Gasteiger partial charge in [-0.05, 0) is 43.2 Å². The standard InChI is InChI=1S/C35H37N7O7S/c1-4-48-31(44)28-22(2)36-35-42(29(28)24-8-6-5-7-9-24)30(43)27(50-35)21-23-10-11-25(26(20-23)45-3)49-34-38-32(40-12-16-46-17-13-40)37-33(39-34)41-14-18-47-19-15-41/h5-11,20-21,29H,4,12-19H2,1-3H3/b27-21+/t29-/m1/s1. The zero-order valence-electron chi connectivity index (χ0n) is 28.0. The fraction of sp³-hybridized carbons (Fsp3) is 0.371. The summed E-state index contributed by atoms with van der Waals surface area (Å²) in [6.07, 6.45) is 1.78. The Kier molecular flexibility index (Phi) is 9.87. The number of aromatic nitrogens is 4. The van der Waals surface area contributed by atoms with Crippen LogP contribution in [0.15, 0.2) is 69.6 Å². The second-order valence-corrected chi connectivity index (χ2v) is 12.7. The number of carbonyl (C=O) groups is 1. The Hall–Kier alpha value is -5.12. The molecule has 0 radical (unpaired) electrons. The fourth-order valence-corrected chi connectivity index (χ4v) is 7.09. The number of hydrogen-bond acceptors (Lipinski definition) is 14. The molecule has 0 bridgehead atoms. The number of fused-ring (bicyclic) bond motifs is 1. The van der Waals surface area contributed by atoms with Crippen LogP contribution in [0.2, 0.25) is 0 Å². The van der Waals surface area contributed by atoms with E-state index in [9.17, 15) is 9.59 Å². The van der Waals surface area contributed by atoms with Crippen LogP contribution in [-0.4, -0.2) is 91.8 Å². The van der Waals surface area contributed by atoms with E-state index in [1.165, 1.54) is 11.3 Å². The predicted octanol–water partition coefficient (Wildman–Crippen LogP) is 2.46. The molecule has 0 spiro atoms. The van der Waals surface area contributed by atoms with Crippen LogP contribution in [0.25, 0.3) is 6.08 Å². The highest BCUT2D eigenvalue weighted by molar-refractivity contribution is 7.07. The molecule has 2 saturated heterocycles. The summed E-state index contributed by atoms with van der Waals surface area (Å²) in [7, 11) is 1.55. The quantitative estimate of drug-likeness (QED) is 0.237. The summed E-state index contributed by atoms with van der Waals surface area (Å²) < 4.78 is 30.4. The number of benzene rings is 2. The van der Waals surface area contributed by atoms with Crippen molar-refractivity contribution in [3.8, 4) is 17.5 Å². The highest BCUT2D eigenvalue weighted by atomic mass is 32.1. The van der Waals surface area contributed by atoms with Crippen LogP contribution in [0.5, 0.6) is 17.5 Å². The van der Waals surface area contributed by atoms with Gasteiger partial charge in [-0.1, -0.05) is 47.7 Å². The lowest BCUT2D eigenvalue weighted by Crippen LogP contribution is -2.40. The number of thiazole rings is 1. The molecule has 4 aromatic rings. The molecule has 0 saturated carbocycles. The van der Waals surface area contributed by atoms with Gasteiger partial charge in [0.1, 0.15) is 0 Å². The molecule has 2 aromatic carbocycles. The lowest BCUT2D eigenvalue weighted by Gasteiger charge is -2.30. The van der Waals surface area contributed by atoms with Crippen LogP contribution in [0.1, 0.15) is 31.0 Å². The zero-order chi connectivity index (χ0) is 34.6. The largest absolute Gasteiger partial charge is 0.493 e. The molecule has 15 heteroatoms. The van der Waals surface area contributed by atoms with Crippen molar-refractivity contribution in [3.05, 3.63) is 90.6 Å². The molecule has 0 unspecified atom stereocenters. The molecule has 3 aliphatic heterocycles. The van der Waals surface area contributed by atoms with E-state index in [4.69, 9.17) is 28.7 Å². The van der Waals surface area contributed by atoms with Gasteiger partial charge >= 0.3 is 12.0 Å². The lowest BCUT2D eigenvalue weighted by atomic mass is 9.96. The van der Waals surface area contributed by atoms with Crippen LogP contribution < -0.4 is 34.2 Å². The maximum atomic E-state index is 14.0. The third-order valence-corrected chi connectivity index (χ3v) is 9.48. The number of anilines is 2. The minimum Gasteiger partial charge on any atom is -0.493 e. The van der Waals surface area contributed by atoms with E-state index in [-0.39, 0.29) is 18.2 Å². The Balaban J connectivity index is 1.23. The summed E-state index contributed by atoms with van der Waals surface area (Å²) in [6, 6.07) is 14.3. The SMILES string of the molecule is CCOC(=O)C1=C(C)N=c2s/c(=C/c3ccc(Oc4nc(N5CCOCC5)nc(N5CCOCC5)n4)c(OC)c3)c(=O)n2[C@@H]1c1ccccc1. The monoisotopic (exact) mass is 699 g/mol. The summed E-state index contributed by atoms with van der Waals surface area (Å²) in [6.45, 7) is 8.70. The van der Waals surface area contributed by atoms with Crippen LogP contribution >= 0.6 is 11.3 Å². The Morgan fingerprint density at radius 1 is 0.940 bits per heavy atom. The molecular weight excluding hydrogens is 662 g/mol. The van der Waals surface area contributed by atoms with Crippen molar-refractivity contribution >= 4 is 35.3 Å². The van der Waals surface area contributed by atoms with E-state index in [0.29, 0.717) is 102 Å². The van der Waals surface area contributed by atoms with Crippen molar-refractivity contribution in [2.75, 3.05) is 76.1 Å². The minimum absolute atomic E-state index is 0.135. The van der Waals surface area contributed by atoms with Crippen molar-refractivity contribution in [1.82, 2.24) is 19.5 Å². The molecule has 0 amide bonds. The fourth-order valence-electron chi connectivity index (χ4n) is 6.04. The first-order valence-electron chi connectivity index (χ1n) is 16.5. The third kappa shape index (κ3) is 6.84. The van der Waals surface area contributed by atoms with E-state index >= 15 is 0 Å². The Bertz CT molecular complexity index is 2050. The molecule has 50 heavy (non-hydrogen) atoms. The van der Waals surface area contributed by atoms with Gasteiger partial charge < -0.3 is 33.5 Å². The number of carbonyl (C=O) groups excluding carboxylic acids is 1. The summed E-state index contributed by atoms with van der Waals surface area (Å²) in [5, 5.41) is 0. The summed E-state index contributed by atoms with van der Waals surface area (Å²) in [5.74, 6) is 1.36. The molecule has 1 atom stereocenters. The molecule has 0 N–H and O–H groups in total. The molecule has 2 fully saturated rings. The number of methoxy groups -OCH3 is 1. The smallest absolute Gasteiger partial charge is 0.338 e. The number of allylic oxidation sites excluding steroid dienone is 1. The minimum atomic E-state index is -0.677. The van der Waals surface area contributed by atoms with Gasteiger partial charge in [-0.25, -0.2) is 9.79 Å². The Morgan fingerprint density at radius 3 is 2.22 bits per heavy atom. The molecule has 14 nitrogen and oxygen atoms in total. The normalized spacial score (nSPS) is 18.1. The van der Waals surface area contributed by atoms with Crippen molar-refractivity contribution in [2.45, 2.75) is 19.9 Å². The number of rotatable bonds is 9. The second-order valence-electron chi connectivity index (χ2n) is 11.6. The molecule has 2 aromatic heterocycles. The Morgan fingerprint density at radius 2 is 1.60 bits per heavy atom. The van der Waals surface area contributed by atoms with Crippen LogP contribution in [0, 0.1) is 0 Å². The van der Waals surface area contributed by atoms with Crippen molar-refractivity contribution in [1.29, 1.82) is 0 Å². The molecule has 260 valence electrons. The number of hydrogen-bond donors (Lipinski definition) is 0. The number of nitrogens with zero attached hydrogens (tertiary/aromatic N) is 7. The van der Waals surface area contributed by atoms with E-state index < -0.39 is 12.0 Å². The van der Waals surface area contributed by atoms with Gasteiger partial charge in [-0.15, -0.1) is 0 Å². The summed E-state index contributed by atoms with van der Waals surface area (Å²) in [4.78, 5) is 50.5. The van der Waals surface area contributed by atoms with E-state index in [0.717, 1.165) is 5.56 Å². The second kappa shape index (κ2) is 14.8. The molecule has 5 heterocycles. The zero-order valence-corrected chi connectivity index (χ0v) is 28.9. The number of esters is 1. The van der Waals surface area contributed by atoms with Crippen molar-refractivity contribution in [2.24, 2.45) is 4.99 Å². The Labute approximate surface area is 291 Å². The van der Waals surface area contributed by atoms with Gasteiger partial charge in [0.25, 0.3) is 5.56 Å². The average Bonchev–Trinajstić information content (AvgIpc) is 3.45. The topological polar surface area (TPSA) is 143 Å². The van der Waals surface area contributed by atoms with Crippen molar-refractivity contribution in [3.63, 3.8) is 0 Å². The van der Waals surface area contributed by atoms with Crippen LogP contribution in [0.3, 0.4) is 0 Å². The highest BCUT2D eigenvalue weighted by Gasteiger charge is 2.33. The average molecular weight is 700 g/mol. The van der Waals surface area contributed by atoms with E-state index in [1.54, 1.807) is 43.7 Å². The molecule has 3 aliphatic rings. The van der Waals surface area contributed by atoms with E-state index in [1.807, 2.05) is 36.4 Å². The summed E-state index contributed by atoms with van der Waals surface area (Å²) in [5.41, 5.74) is 2.07. The molecule has 7 rings (SSSR count). The number of ether oxygens (including phenoxy) is 5. The van der Waals surface area contributed by atoms with Gasteiger partial charge in [0.15, 0.2) is 16.3 Å². The highest BCUT2D eigenvalue weighted by Crippen LogP contribution is 2.33. The lowest BCUT2D eigenvalue weighted by molar-refractivity contribution is -0.139. The first-order chi connectivity index (χ1) is 24.4. The maximum Gasteiger partial charge on any atom is 0.338 e. The van der Waals surface area contributed by atoms with Gasteiger partial charge in [-0.2, -0.15) is 15.0 Å². The summed E-state index contributed by atoms with van der Waals surface area (Å²) >= 11 is 1.25. The third-order valence-electron chi connectivity index (χ3n) is 8.50. The van der Waals surface area contributed by atoms with Gasteiger partial charge in [0.05, 0.1) is 62.0 Å². The van der Waals surface area contributed by atoms with Gasteiger partial charge in [0, 0.05) is 26.2 Å². The van der Waals surface area contributed by atoms with Crippen molar-refractivity contribution < 1.29 is 28.5 Å². The maximum absolute atomic E-state index is 14.0. The van der Waals surface area contributed by atoms with Gasteiger partial charge in [0.2, 0.25) is 11.9 Å².